The Morgan fingerprint density at radius 1 is 0.758 bits per heavy atom. The number of hydrogen-bond acceptors (Lipinski definition) is 6. The van der Waals surface area contributed by atoms with Gasteiger partial charge in [0.15, 0.2) is 0 Å². The van der Waals surface area contributed by atoms with Crippen molar-refractivity contribution in [2.75, 3.05) is 26.4 Å². The summed E-state index contributed by atoms with van der Waals surface area (Å²) in [6, 6.07) is 18.2. The molecule has 6 nitrogen and oxygen atoms in total. The van der Waals surface area contributed by atoms with Gasteiger partial charge in [-0.25, -0.2) is 8.78 Å². The highest BCUT2D eigenvalue weighted by Crippen LogP contribution is 2.24. The van der Waals surface area contributed by atoms with Gasteiger partial charge in [0.1, 0.15) is 19.0 Å². The smallest absolute Gasteiger partial charge is 0.393 e. The Bertz CT molecular complexity index is 866. The van der Waals surface area contributed by atoms with Gasteiger partial charge < -0.3 is 14.6 Å². The fourth-order valence-electron chi connectivity index (χ4n) is 2.09. The van der Waals surface area contributed by atoms with Crippen LogP contribution in [0.25, 0.3) is 0 Å². The molecule has 33 heavy (non-hydrogen) atoms. The third kappa shape index (κ3) is 12.6. The Hall–Kier alpha value is -2.12. The minimum Gasteiger partial charge on any atom is -0.393 e. The quantitative estimate of drug-likeness (QED) is 0.270. The highest BCUT2D eigenvalue weighted by molar-refractivity contribution is 7.87. The van der Waals surface area contributed by atoms with Crippen LogP contribution in [0.3, 0.4) is 0 Å². The van der Waals surface area contributed by atoms with Gasteiger partial charge in [-0.05, 0) is 11.1 Å². The van der Waals surface area contributed by atoms with E-state index in [0.717, 1.165) is 11.1 Å². The van der Waals surface area contributed by atoms with Gasteiger partial charge in [0.2, 0.25) is 0 Å². The lowest BCUT2D eigenvalue weighted by molar-refractivity contribution is -0.0564. The summed E-state index contributed by atoms with van der Waals surface area (Å²) >= 11 is 0. The zero-order valence-corrected chi connectivity index (χ0v) is 18.3. The molecule has 0 saturated carbocycles. The van der Waals surface area contributed by atoms with Crippen molar-refractivity contribution in [2.45, 2.75) is 31.1 Å². The first kappa shape index (κ1) is 28.9. The van der Waals surface area contributed by atoms with Crippen LogP contribution in [0.15, 0.2) is 60.7 Å². The fraction of sp³-hybridized carbons (Fsp3) is 0.429. The fourth-order valence-corrected chi connectivity index (χ4v) is 2.55. The van der Waals surface area contributed by atoms with Crippen LogP contribution >= 0.6 is 0 Å². The molecule has 0 aliphatic rings. The van der Waals surface area contributed by atoms with Gasteiger partial charge in [0.25, 0.3) is 0 Å². The first-order valence-electron chi connectivity index (χ1n) is 9.63. The molecule has 2 rings (SSSR count). The summed E-state index contributed by atoms with van der Waals surface area (Å²) < 4.78 is 95.8. The van der Waals surface area contributed by atoms with Gasteiger partial charge in [-0.3, -0.25) is 4.18 Å². The van der Waals surface area contributed by atoms with Crippen molar-refractivity contribution in [3.63, 3.8) is 0 Å². The summed E-state index contributed by atoms with van der Waals surface area (Å²) in [5.41, 5.74) is -3.80. The number of rotatable bonds is 12. The minimum absolute atomic E-state index is 0.0502. The summed E-state index contributed by atoms with van der Waals surface area (Å²) in [5.74, 6) is 0. The lowest BCUT2D eigenvalue weighted by atomic mass is 10.2. The Morgan fingerprint density at radius 2 is 1.18 bits per heavy atom. The maximum atomic E-state index is 13.1. The molecule has 0 radical (unpaired) electrons. The largest absolute Gasteiger partial charge is 0.523 e. The van der Waals surface area contributed by atoms with E-state index in [4.69, 9.17) is 14.6 Å². The molecule has 0 unspecified atom stereocenters. The van der Waals surface area contributed by atoms with Crippen molar-refractivity contribution < 1.29 is 49.1 Å². The van der Waals surface area contributed by atoms with Gasteiger partial charge in [-0.2, -0.15) is 21.6 Å². The van der Waals surface area contributed by atoms with Crippen LogP contribution < -0.4 is 0 Å². The maximum Gasteiger partial charge on any atom is 0.523 e. The first-order chi connectivity index (χ1) is 15.5. The van der Waals surface area contributed by atoms with Gasteiger partial charge >= 0.3 is 15.6 Å². The molecule has 2 atom stereocenters. The molecule has 0 aliphatic heterocycles. The van der Waals surface area contributed by atoms with Crippen molar-refractivity contribution in [3.05, 3.63) is 71.8 Å². The van der Waals surface area contributed by atoms with Crippen molar-refractivity contribution in [3.8, 4) is 0 Å². The molecule has 12 heteroatoms. The first-order valence-corrected chi connectivity index (χ1v) is 11.0. The molecule has 0 saturated heterocycles. The van der Waals surface area contributed by atoms with Crippen LogP contribution in [-0.4, -0.2) is 57.8 Å². The molecule has 2 aromatic rings. The summed E-state index contributed by atoms with van der Waals surface area (Å²) in [6.07, 6.45) is -3.25. The molecule has 0 amide bonds. The van der Waals surface area contributed by atoms with Crippen LogP contribution in [0.5, 0.6) is 0 Å². The lowest BCUT2D eigenvalue weighted by Crippen LogP contribution is -2.29. The Labute approximate surface area is 189 Å². The molecule has 0 fully saturated rings. The van der Waals surface area contributed by atoms with E-state index in [2.05, 4.69) is 4.18 Å². The third-order valence-corrected chi connectivity index (χ3v) is 4.72. The van der Waals surface area contributed by atoms with Gasteiger partial charge in [-0.1, -0.05) is 60.7 Å². The van der Waals surface area contributed by atoms with E-state index < -0.39 is 47.8 Å². The molecule has 1 N–H and O–H groups in total. The van der Waals surface area contributed by atoms with E-state index in [0.29, 0.717) is 6.61 Å². The number of alkyl halides is 5. The van der Waals surface area contributed by atoms with Gasteiger partial charge in [0, 0.05) is 0 Å². The Kier molecular flexibility index (Phi) is 13.1. The minimum atomic E-state index is -5.77. The van der Waals surface area contributed by atoms with E-state index in [9.17, 15) is 30.4 Å². The van der Waals surface area contributed by atoms with Gasteiger partial charge in [-0.15, -0.1) is 0 Å². The predicted molar refractivity (Wildman–Crippen MR) is 110 cm³/mol. The lowest BCUT2D eigenvalue weighted by Gasteiger charge is -2.11. The number of benzene rings is 2. The van der Waals surface area contributed by atoms with Crippen molar-refractivity contribution in [1.82, 2.24) is 0 Å². The summed E-state index contributed by atoms with van der Waals surface area (Å²) in [6.45, 7) is -1.88. The van der Waals surface area contributed by atoms with Crippen molar-refractivity contribution in [1.29, 1.82) is 0 Å². The van der Waals surface area contributed by atoms with E-state index in [1.165, 1.54) is 0 Å². The molecule has 0 heterocycles. The van der Waals surface area contributed by atoms with Crippen molar-refractivity contribution in [2.24, 2.45) is 0 Å². The Balaban J connectivity index is 0.000000361. The molecule has 186 valence electrons. The molecule has 0 bridgehead atoms. The SMILES string of the molecule is O=S(=O)(OC[C@H](F)COCc1ccccc1)C(F)(F)F.OC[C@H](F)COCc1ccccc1. The standard InChI is InChI=1S/C11H12F4O4S.C10H13FO2/c12-10(8-19-20(16,17)11(13,14)15)7-18-6-9-4-2-1-3-5-9;11-10(6-12)8-13-7-9-4-2-1-3-5-9/h1-5,10H,6-8H2;1-5,10,12H,6-8H2/t2*10-/m10/s1. The van der Waals surface area contributed by atoms with Crippen LogP contribution in [0.1, 0.15) is 11.1 Å². The number of aliphatic hydroxyl groups is 1. The second kappa shape index (κ2) is 14.9. The van der Waals surface area contributed by atoms with E-state index >= 15 is 0 Å². The van der Waals surface area contributed by atoms with E-state index in [-0.39, 0.29) is 13.2 Å². The summed E-state index contributed by atoms with van der Waals surface area (Å²) in [4.78, 5) is 0. The monoisotopic (exact) mass is 500 g/mol. The second-order valence-electron chi connectivity index (χ2n) is 6.56. The third-order valence-electron chi connectivity index (χ3n) is 3.71. The van der Waals surface area contributed by atoms with Gasteiger partial charge in [0.05, 0.1) is 33.0 Å². The summed E-state index contributed by atoms with van der Waals surface area (Å²) in [5, 5.41) is 8.38. The van der Waals surface area contributed by atoms with Crippen LogP contribution in [0, 0.1) is 0 Å². The van der Waals surface area contributed by atoms with Crippen LogP contribution in [-0.2, 0) is 37.0 Å². The highest BCUT2D eigenvalue weighted by Gasteiger charge is 2.47. The zero-order chi connectivity index (χ0) is 24.7. The molecule has 2 aromatic carbocycles. The molecular weight excluding hydrogens is 475 g/mol. The molecule has 0 aromatic heterocycles. The average Bonchev–Trinajstić information content (AvgIpc) is 2.79. The summed E-state index contributed by atoms with van der Waals surface area (Å²) in [7, 11) is -5.77. The Morgan fingerprint density at radius 3 is 1.58 bits per heavy atom. The van der Waals surface area contributed by atoms with Crippen LogP contribution in [0.2, 0.25) is 0 Å². The second-order valence-corrected chi connectivity index (χ2v) is 8.17. The molecule has 0 spiro atoms. The molecular formula is C21H25F5O6S. The zero-order valence-electron chi connectivity index (χ0n) is 17.5. The number of halogens is 5. The number of hydrogen-bond donors (Lipinski definition) is 1. The average molecular weight is 500 g/mol. The maximum absolute atomic E-state index is 13.1. The number of aliphatic hydroxyl groups excluding tert-OH is 1. The van der Waals surface area contributed by atoms with Crippen molar-refractivity contribution >= 4 is 10.1 Å². The van der Waals surface area contributed by atoms with E-state index in [1.54, 1.807) is 30.3 Å². The number of ether oxygens (including phenoxy) is 2. The molecule has 0 aliphatic carbocycles. The van der Waals surface area contributed by atoms with Crippen LogP contribution in [0.4, 0.5) is 22.0 Å². The predicted octanol–water partition coefficient (Wildman–Crippen LogP) is 3.94. The topological polar surface area (TPSA) is 82.1 Å². The highest BCUT2D eigenvalue weighted by atomic mass is 32.2. The van der Waals surface area contributed by atoms with E-state index in [1.807, 2.05) is 30.3 Å². The normalized spacial score (nSPS) is 13.6.